The third-order valence-corrected chi connectivity index (χ3v) is 4.29. The van der Waals surface area contributed by atoms with Crippen LogP contribution in [0.3, 0.4) is 0 Å². The van der Waals surface area contributed by atoms with E-state index in [9.17, 15) is 9.59 Å². The van der Waals surface area contributed by atoms with E-state index in [1.54, 1.807) is 50.4 Å². The number of methoxy groups -OCH3 is 4. The standard InChI is InChI=1S/C21H26N2O6/c1-6-23(13-19(24)22-15-7-9-16(26-2)10-8-15)21(25)14-11-17(27-3)20(29-5)18(12-14)28-4/h7-12H,6,13H2,1-5H3,(H,22,24). The van der Waals surface area contributed by atoms with Crippen molar-refractivity contribution in [3.63, 3.8) is 0 Å². The van der Waals surface area contributed by atoms with Crippen molar-refractivity contribution in [3.8, 4) is 23.0 Å². The zero-order chi connectivity index (χ0) is 21.4. The lowest BCUT2D eigenvalue weighted by atomic mass is 10.1. The molecule has 29 heavy (non-hydrogen) atoms. The number of carbonyl (C=O) groups excluding carboxylic acids is 2. The van der Waals surface area contributed by atoms with E-state index in [1.165, 1.54) is 26.2 Å². The molecular weight excluding hydrogens is 376 g/mol. The molecule has 0 radical (unpaired) electrons. The van der Waals surface area contributed by atoms with Crippen LogP contribution < -0.4 is 24.3 Å². The molecular formula is C21H26N2O6. The minimum Gasteiger partial charge on any atom is -0.497 e. The van der Waals surface area contributed by atoms with Crippen LogP contribution >= 0.6 is 0 Å². The Morgan fingerprint density at radius 2 is 1.48 bits per heavy atom. The number of hydrogen-bond acceptors (Lipinski definition) is 6. The maximum atomic E-state index is 13.0. The van der Waals surface area contributed by atoms with Crippen LogP contribution in [-0.4, -0.2) is 58.2 Å². The summed E-state index contributed by atoms with van der Waals surface area (Å²) in [6, 6.07) is 10.1. The number of carbonyl (C=O) groups is 2. The highest BCUT2D eigenvalue weighted by molar-refractivity contribution is 6.00. The molecule has 0 saturated heterocycles. The Labute approximate surface area is 170 Å². The van der Waals surface area contributed by atoms with Gasteiger partial charge in [0, 0.05) is 17.8 Å². The van der Waals surface area contributed by atoms with Gasteiger partial charge in [0.2, 0.25) is 11.7 Å². The summed E-state index contributed by atoms with van der Waals surface area (Å²) in [5.74, 6) is 1.19. The maximum Gasteiger partial charge on any atom is 0.254 e. The van der Waals surface area contributed by atoms with Crippen molar-refractivity contribution in [1.82, 2.24) is 4.90 Å². The summed E-state index contributed by atoms with van der Waals surface area (Å²) in [5, 5.41) is 2.77. The molecule has 0 atom stereocenters. The molecule has 8 heteroatoms. The third-order valence-electron chi connectivity index (χ3n) is 4.29. The van der Waals surface area contributed by atoms with Gasteiger partial charge in [-0.3, -0.25) is 9.59 Å². The Balaban J connectivity index is 2.16. The normalized spacial score (nSPS) is 10.1. The maximum absolute atomic E-state index is 13.0. The molecule has 2 rings (SSSR count). The summed E-state index contributed by atoms with van der Waals surface area (Å²) in [4.78, 5) is 26.8. The SMILES string of the molecule is CCN(CC(=O)Nc1ccc(OC)cc1)C(=O)c1cc(OC)c(OC)c(OC)c1. The van der Waals surface area contributed by atoms with Gasteiger partial charge in [0.25, 0.3) is 5.91 Å². The van der Waals surface area contributed by atoms with Crippen molar-refractivity contribution in [1.29, 1.82) is 0 Å². The molecule has 0 fully saturated rings. The van der Waals surface area contributed by atoms with Crippen LogP contribution in [0.25, 0.3) is 0 Å². The molecule has 0 aliphatic heterocycles. The van der Waals surface area contributed by atoms with Crippen LogP contribution in [0.4, 0.5) is 5.69 Å². The van der Waals surface area contributed by atoms with Gasteiger partial charge in [-0.15, -0.1) is 0 Å². The molecule has 0 unspecified atom stereocenters. The highest BCUT2D eigenvalue weighted by atomic mass is 16.5. The molecule has 8 nitrogen and oxygen atoms in total. The molecule has 2 amide bonds. The van der Waals surface area contributed by atoms with Gasteiger partial charge in [-0.2, -0.15) is 0 Å². The second kappa shape index (κ2) is 10.2. The fourth-order valence-corrected chi connectivity index (χ4v) is 2.76. The molecule has 0 aromatic heterocycles. The fourth-order valence-electron chi connectivity index (χ4n) is 2.76. The van der Waals surface area contributed by atoms with Crippen molar-refractivity contribution in [3.05, 3.63) is 42.0 Å². The van der Waals surface area contributed by atoms with Gasteiger partial charge >= 0.3 is 0 Å². The Kier molecular flexibility index (Phi) is 7.70. The summed E-state index contributed by atoms with van der Waals surface area (Å²) in [6.07, 6.45) is 0. The van der Waals surface area contributed by atoms with E-state index in [0.717, 1.165) is 0 Å². The van der Waals surface area contributed by atoms with E-state index in [2.05, 4.69) is 5.32 Å². The molecule has 156 valence electrons. The number of nitrogens with one attached hydrogen (secondary N) is 1. The monoisotopic (exact) mass is 402 g/mol. The lowest BCUT2D eigenvalue weighted by Gasteiger charge is -2.22. The number of benzene rings is 2. The van der Waals surface area contributed by atoms with Gasteiger partial charge < -0.3 is 29.2 Å². The van der Waals surface area contributed by atoms with Crippen LogP contribution in [0, 0.1) is 0 Å². The first-order valence-corrected chi connectivity index (χ1v) is 9.00. The lowest BCUT2D eigenvalue weighted by Crippen LogP contribution is -2.37. The average molecular weight is 402 g/mol. The van der Waals surface area contributed by atoms with Crippen molar-refractivity contribution in [2.45, 2.75) is 6.92 Å². The molecule has 0 spiro atoms. The molecule has 0 aliphatic carbocycles. The van der Waals surface area contributed by atoms with Gasteiger partial charge in [0.1, 0.15) is 12.3 Å². The van der Waals surface area contributed by atoms with E-state index in [1.807, 2.05) is 0 Å². The smallest absolute Gasteiger partial charge is 0.254 e. The Bertz CT molecular complexity index is 826. The number of rotatable bonds is 9. The topological polar surface area (TPSA) is 86.3 Å². The van der Waals surface area contributed by atoms with Crippen LogP contribution in [-0.2, 0) is 4.79 Å². The first-order chi connectivity index (χ1) is 14.0. The summed E-state index contributed by atoms with van der Waals surface area (Å²) in [5.41, 5.74) is 0.950. The summed E-state index contributed by atoms with van der Waals surface area (Å²) >= 11 is 0. The van der Waals surface area contributed by atoms with Crippen molar-refractivity contribution >= 4 is 17.5 Å². The largest absolute Gasteiger partial charge is 0.497 e. The number of anilines is 1. The Morgan fingerprint density at radius 3 is 1.93 bits per heavy atom. The molecule has 0 heterocycles. The molecule has 1 N–H and O–H groups in total. The van der Waals surface area contributed by atoms with Gasteiger partial charge in [0.15, 0.2) is 11.5 Å². The van der Waals surface area contributed by atoms with Crippen LogP contribution in [0.2, 0.25) is 0 Å². The fraction of sp³-hybridized carbons (Fsp3) is 0.333. The summed E-state index contributed by atoms with van der Waals surface area (Å²) in [7, 11) is 6.02. The average Bonchev–Trinajstić information content (AvgIpc) is 2.76. The van der Waals surface area contributed by atoms with E-state index in [4.69, 9.17) is 18.9 Å². The van der Waals surface area contributed by atoms with Gasteiger partial charge in [0.05, 0.1) is 28.4 Å². The van der Waals surface area contributed by atoms with Crippen molar-refractivity contribution < 1.29 is 28.5 Å². The molecule has 0 bridgehead atoms. The zero-order valence-electron chi connectivity index (χ0n) is 17.3. The minimum absolute atomic E-state index is 0.0992. The number of amides is 2. The van der Waals surface area contributed by atoms with E-state index < -0.39 is 0 Å². The minimum atomic E-state index is -0.323. The predicted molar refractivity (Wildman–Crippen MR) is 109 cm³/mol. The molecule has 0 saturated carbocycles. The van der Waals surface area contributed by atoms with Crippen molar-refractivity contribution in [2.75, 3.05) is 46.8 Å². The third kappa shape index (κ3) is 5.31. The van der Waals surface area contributed by atoms with Crippen LogP contribution in [0.5, 0.6) is 23.0 Å². The highest BCUT2D eigenvalue weighted by Gasteiger charge is 2.22. The summed E-state index contributed by atoms with van der Waals surface area (Å²) in [6.45, 7) is 2.06. The number of nitrogens with zero attached hydrogens (tertiary/aromatic N) is 1. The number of hydrogen-bond donors (Lipinski definition) is 1. The first-order valence-electron chi connectivity index (χ1n) is 9.00. The zero-order valence-corrected chi connectivity index (χ0v) is 17.3. The van der Waals surface area contributed by atoms with E-state index >= 15 is 0 Å². The Hall–Kier alpha value is -3.42. The second-order valence-electron chi connectivity index (χ2n) is 6.01. The molecule has 2 aromatic rings. The van der Waals surface area contributed by atoms with Gasteiger partial charge in [-0.05, 0) is 43.3 Å². The molecule has 2 aromatic carbocycles. The van der Waals surface area contributed by atoms with Crippen LogP contribution in [0.1, 0.15) is 17.3 Å². The van der Waals surface area contributed by atoms with E-state index in [-0.39, 0.29) is 18.4 Å². The quantitative estimate of drug-likeness (QED) is 0.694. The van der Waals surface area contributed by atoms with Crippen molar-refractivity contribution in [2.24, 2.45) is 0 Å². The Morgan fingerprint density at radius 1 is 0.897 bits per heavy atom. The summed E-state index contributed by atoms with van der Waals surface area (Å²) < 4.78 is 21.0. The lowest BCUT2D eigenvalue weighted by molar-refractivity contribution is -0.116. The number of ether oxygens (including phenoxy) is 4. The van der Waals surface area contributed by atoms with E-state index in [0.29, 0.717) is 40.8 Å². The van der Waals surface area contributed by atoms with Gasteiger partial charge in [-0.25, -0.2) is 0 Å². The second-order valence-corrected chi connectivity index (χ2v) is 6.01. The first kappa shape index (κ1) is 21.9. The predicted octanol–water partition coefficient (Wildman–Crippen LogP) is 2.82. The number of likely N-dealkylation sites (N-methyl/N-ethyl adjacent to an activating group) is 1. The van der Waals surface area contributed by atoms with Gasteiger partial charge in [-0.1, -0.05) is 0 Å². The molecule has 0 aliphatic rings. The van der Waals surface area contributed by atoms with Crippen LogP contribution in [0.15, 0.2) is 36.4 Å². The highest BCUT2D eigenvalue weighted by Crippen LogP contribution is 2.38.